The van der Waals surface area contributed by atoms with E-state index in [2.05, 4.69) is 15.3 Å². The van der Waals surface area contributed by atoms with E-state index >= 15 is 0 Å². The van der Waals surface area contributed by atoms with Crippen LogP contribution in [0.15, 0.2) is 53.2 Å². The molecule has 13 heteroatoms. The molecule has 2 amide bonds. The van der Waals surface area contributed by atoms with Crippen LogP contribution in [0.3, 0.4) is 0 Å². The molecule has 1 aliphatic heterocycles. The zero-order valence-corrected chi connectivity index (χ0v) is 17.2. The Morgan fingerprint density at radius 3 is 2.47 bits per heavy atom. The summed E-state index contributed by atoms with van der Waals surface area (Å²) < 4.78 is 50.4. The second-order valence-corrected chi connectivity index (χ2v) is 6.91. The minimum Gasteiger partial charge on any atom is -0.475 e. The number of oxazole rings is 1. The lowest BCUT2D eigenvalue weighted by molar-refractivity contribution is -0.192. The number of aromatic nitrogens is 2. The molecule has 1 aromatic carbocycles. The number of hydrogen-bond donors (Lipinski definition) is 2. The van der Waals surface area contributed by atoms with E-state index in [1.807, 2.05) is 0 Å². The fourth-order valence-corrected chi connectivity index (χ4v) is 2.86. The molecule has 2 N–H and O–H groups in total. The van der Waals surface area contributed by atoms with Crippen LogP contribution in [0.4, 0.5) is 17.6 Å². The quantitative estimate of drug-likeness (QED) is 0.550. The highest BCUT2D eigenvalue weighted by molar-refractivity contribution is 5.94. The number of alkyl halides is 3. The first-order chi connectivity index (χ1) is 16.0. The minimum absolute atomic E-state index is 0.0649. The lowest BCUT2D eigenvalue weighted by Gasteiger charge is -2.14. The van der Waals surface area contributed by atoms with E-state index in [0.717, 1.165) is 0 Å². The normalized spacial score (nSPS) is 12.4. The number of hydrogen-bond acceptors (Lipinski definition) is 6. The summed E-state index contributed by atoms with van der Waals surface area (Å²) >= 11 is 0. The number of halogens is 4. The Morgan fingerprint density at radius 2 is 1.88 bits per heavy atom. The van der Waals surface area contributed by atoms with Gasteiger partial charge in [0, 0.05) is 18.9 Å². The monoisotopic (exact) mass is 480 g/mol. The Bertz CT molecular complexity index is 1170. The van der Waals surface area contributed by atoms with Gasteiger partial charge in [0.2, 0.25) is 0 Å². The van der Waals surface area contributed by atoms with E-state index in [0.29, 0.717) is 22.6 Å². The number of carboxylic acid groups (broad SMARTS) is 1. The number of rotatable bonds is 4. The van der Waals surface area contributed by atoms with E-state index in [9.17, 15) is 27.2 Å². The molecule has 0 bridgehead atoms. The van der Waals surface area contributed by atoms with Crippen LogP contribution in [0.25, 0.3) is 0 Å². The average molecular weight is 480 g/mol. The molecule has 0 radical (unpaired) electrons. The molecule has 0 atom stereocenters. The number of nitrogens with zero attached hydrogens (tertiary/aromatic N) is 3. The third-order valence-corrected chi connectivity index (χ3v) is 4.43. The highest BCUT2D eigenvalue weighted by Crippen LogP contribution is 2.25. The standard InChI is InChI=1S/C19H15FN4O3.C2HF3O2/c20-14-5-1-3-12(7-14)8-22-17(25)18-23-15-10-24(11-16(15)27-18)19(26)13-4-2-6-21-9-13;3-2(4,5)1(6)7/h1-7,9H,8,10-11H2,(H,22,25);(H,6,7). The van der Waals surface area contributed by atoms with Crippen LogP contribution in [0.2, 0.25) is 0 Å². The van der Waals surface area contributed by atoms with Crippen LogP contribution in [-0.2, 0) is 24.4 Å². The van der Waals surface area contributed by atoms with Crippen molar-refractivity contribution in [1.82, 2.24) is 20.2 Å². The van der Waals surface area contributed by atoms with Crippen molar-refractivity contribution in [3.05, 3.63) is 83.1 Å². The van der Waals surface area contributed by atoms with Crippen molar-refractivity contribution in [2.24, 2.45) is 0 Å². The van der Waals surface area contributed by atoms with Crippen LogP contribution in [0.1, 0.15) is 38.1 Å². The Kier molecular flexibility index (Phi) is 7.24. The SMILES string of the molecule is O=C(NCc1cccc(F)c1)c1nc2c(o1)CN(C(=O)c1cccnc1)C2.O=C(O)C(F)(F)F. The van der Waals surface area contributed by atoms with Crippen molar-refractivity contribution in [2.45, 2.75) is 25.8 Å². The zero-order valence-electron chi connectivity index (χ0n) is 17.2. The van der Waals surface area contributed by atoms with Crippen LogP contribution >= 0.6 is 0 Å². The Labute approximate surface area is 189 Å². The highest BCUT2D eigenvalue weighted by atomic mass is 19.4. The van der Waals surface area contributed by atoms with Gasteiger partial charge in [-0.25, -0.2) is 14.2 Å². The van der Waals surface area contributed by atoms with Crippen molar-refractivity contribution in [2.75, 3.05) is 0 Å². The molecule has 0 saturated heterocycles. The number of fused-ring (bicyclic) bond motifs is 1. The molecule has 34 heavy (non-hydrogen) atoms. The van der Waals surface area contributed by atoms with Crippen molar-refractivity contribution in [3.63, 3.8) is 0 Å². The fraction of sp³-hybridized carbons (Fsp3) is 0.190. The summed E-state index contributed by atoms with van der Waals surface area (Å²) in [7, 11) is 0. The summed E-state index contributed by atoms with van der Waals surface area (Å²) in [5.74, 6) is -3.36. The molecule has 1 aliphatic rings. The Balaban J connectivity index is 0.000000406. The predicted octanol–water partition coefficient (Wildman–Crippen LogP) is 2.93. The van der Waals surface area contributed by atoms with Gasteiger partial charge in [0.05, 0.1) is 18.7 Å². The largest absolute Gasteiger partial charge is 0.490 e. The molecule has 0 unspecified atom stereocenters. The van der Waals surface area contributed by atoms with Crippen LogP contribution in [-0.4, -0.2) is 43.9 Å². The van der Waals surface area contributed by atoms with Gasteiger partial charge in [-0.1, -0.05) is 12.1 Å². The topological polar surface area (TPSA) is 126 Å². The first kappa shape index (κ1) is 24.4. The second kappa shape index (κ2) is 10.1. The van der Waals surface area contributed by atoms with E-state index < -0.39 is 18.1 Å². The Hall–Kier alpha value is -4.29. The van der Waals surface area contributed by atoms with Crippen LogP contribution in [0.5, 0.6) is 0 Å². The highest BCUT2D eigenvalue weighted by Gasteiger charge is 2.38. The van der Waals surface area contributed by atoms with Crippen molar-refractivity contribution >= 4 is 17.8 Å². The molecule has 4 rings (SSSR count). The average Bonchev–Trinajstić information content (AvgIpc) is 3.37. The first-order valence-corrected chi connectivity index (χ1v) is 9.55. The number of carbonyl (C=O) groups excluding carboxylic acids is 2. The molecule has 0 spiro atoms. The number of carbonyl (C=O) groups is 3. The lowest BCUT2D eigenvalue weighted by atomic mass is 10.2. The molecule has 2 aromatic heterocycles. The molecular formula is C21H16F4N4O5. The number of carboxylic acids is 1. The maximum atomic E-state index is 13.2. The van der Waals surface area contributed by atoms with Gasteiger partial charge in [0.25, 0.3) is 11.8 Å². The number of nitrogens with one attached hydrogen (secondary N) is 1. The van der Waals surface area contributed by atoms with Crippen LogP contribution < -0.4 is 5.32 Å². The molecule has 0 aliphatic carbocycles. The van der Waals surface area contributed by atoms with Crippen molar-refractivity contribution in [3.8, 4) is 0 Å². The fourth-order valence-electron chi connectivity index (χ4n) is 2.86. The van der Waals surface area contributed by atoms with E-state index in [1.165, 1.54) is 18.3 Å². The maximum Gasteiger partial charge on any atom is 0.490 e. The Morgan fingerprint density at radius 1 is 1.15 bits per heavy atom. The molecule has 9 nitrogen and oxygen atoms in total. The maximum absolute atomic E-state index is 13.2. The van der Waals surface area contributed by atoms with Gasteiger partial charge in [-0.15, -0.1) is 0 Å². The summed E-state index contributed by atoms with van der Waals surface area (Å²) in [5.41, 5.74) is 1.68. The third kappa shape index (κ3) is 6.15. The smallest absolute Gasteiger partial charge is 0.475 e. The third-order valence-electron chi connectivity index (χ3n) is 4.43. The number of pyridine rings is 1. The zero-order chi connectivity index (χ0) is 24.9. The number of aliphatic carboxylic acids is 1. The molecule has 0 fully saturated rings. The summed E-state index contributed by atoms with van der Waals surface area (Å²) in [6.07, 6.45) is -1.98. The minimum atomic E-state index is -5.08. The molecule has 178 valence electrons. The van der Waals surface area contributed by atoms with Gasteiger partial charge in [-0.2, -0.15) is 13.2 Å². The number of benzene rings is 1. The van der Waals surface area contributed by atoms with Crippen molar-refractivity contribution in [1.29, 1.82) is 0 Å². The van der Waals surface area contributed by atoms with Gasteiger partial charge >= 0.3 is 18.1 Å². The van der Waals surface area contributed by atoms with E-state index in [-0.39, 0.29) is 37.2 Å². The molecule has 3 aromatic rings. The van der Waals surface area contributed by atoms with Gasteiger partial charge in [0.15, 0.2) is 0 Å². The lowest BCUT2D eigenvalue weighted by Crippen LogP contribution is -2.26. The van der Waals surface area contributed by atoms with Crippen LogP contribution in [0, 0.1) is 5.82 Å². The van der Waals surface area contributed by atoms with Gasteiger partial charge in [-0.3, -0.25) is 14.6 Å². The van der Waals surface area contributed by atoms with Gasteiger partial charge in [-0.05, 0) is 29.8 Å². The molecule has 3 heterocycles. The predicted molar refractivity (Wildman–Crippen MR) is 106 cm³/mol. The van der Waals surface area contributed by atoms with Gasteiger partial charge < -0.3 is 19.7 Å². The van der Waals surface area contributed by atoms with E-state index in [4.69, 9.17) is 14.3 Å². The van der Waals surface area contributed by atoms with Gasteiger partial charge in [0.1, 0.15) is 17.3 Å². The first-order valence-electron chi connectivity index (χ1n) is 9.55. The summed E-state index contributed by atoms with van der Waals surface area (Å²) in [6.45, 7) is 0.673. The second-order valence-electron chi connectivity index (χ2n) is 6.91. The summed E-state index contributed by atoms with van der Waals surface area (Å²) in [4.78, 5) is 43.2. The molecular weight excluding hydrogens is 464 g/mol. The van der Waals surface area contributed by atoms with E-state index in [1.54, 1.807) is 35.4 Å². The summed E-state index contributed by atoms with van der Waals surface area (Å²) in [5, 5.41) is 9.77. The number of amides is 2. The van der Waals surface area contributed by atoms with Crippen molar-refractivity contribution < 1.29 is 41.5 Å². The summed E-state index contributed by atoms with van der Waals surface area (Å²) in [6, 6.07) is 9.35. The molecule has 0 saturated carbocycles.